The van der Waals surface area contributed by atoms with Gasteiger partial charge in [-0.25, -0.2) is 19.6 Å². The molecular formula is C58H82ClN11O8. The zero-order valence-electron chi connectivity index (χ0n) is 47.4. The summed E-state index contributed by atoms with van der Waals surface area (Å²) >= 11 is 5.81. The zero-order chi connectivity index (χ0) is 56.9. The van der Waals surface area contributed by atoms with Crippen LogP contribution in [0, 0.1) is 0 Å². The minimum Gasteiger partial charge on any atom is -0.462 e. The van der Waals surface area contributed by atoms with Crippen LogP contribution in [0.2, 0.25) is 5.28 Å². The fourth-order valence-electron chi connectivity index (χ4n) is 9.35. The Morgan fingerprint density at radius 3 is 2.05 bits per heavy atom. The van der Waals surface area contributed by atoms with Crippen LogP contribution in [0.3, 0.4) is 0 Å². The lowest BCUT2D eigenvalue weighted by Gasteiger charge is -2.31. The summed E-state index contributed by atoms with van der Waals surface area (Å²) in [4.78, 5) is 62.1. The minimum atomic E-state index is -0.447. The van der Waals surface area contributed by atoms with Crippen LogP contribution in [0.5, 0.6) is 6.01 Å². The first-order chi connectivity index (χ1) is 37.3. The Morgan fingerprint density at radius 1 is 0.808 bits per heavy atom. The van der Waals surface area contributed by atoms with E-state index in [1.807, 2.05) is 78.8 Å². The number of carbonyl (C=O) groups excluding carboxylic acids is 3. The Balaban J connectivity index is 0.000000204. The highest BCUT2D eigenvalue weighted by Crippen LogP contribution is 2.32. The number of halogens is 1. The second-order valence-corrected chi connectivity index (χ2v) is 20.6. The van der Waals surface area contributed by atoms with Crippen LogP contribution in [0.1, 0.15) is 89.4 Å². The highest BCUT2D eigenvalue weighted by Gasteiger charge is 2.28. The van der Waals surface area contributed by atoms with Crippen molar-refractivity contribution in [2.75, 3.05) is 90.2 Å². The molecule has 1 fully saturated rings. The molecule has 0 radical (unpaired) electrons. The molecule has 0 aliphatic carbocycles. The number of likely N-dealkylation sites (tertiary alicyclic amines) is 1. The molecule has 1 saturated heterocycles. The van der Waals surface area contributed by atoms with E-state index < -0.39 is 5.60 Å². The third kappa shape index (κ3) is 18.1. The number of hydrogen-bond donors (Lipinski definition) is 2. The number of anilines is 3. The lowest BCUT2D eigenvalue weighted by Crippen LogP contribution is -2.43. The van der Waals surface area contributed by atoms with Crippen LogP contribution in [0.25, 0.3) is 10.8 Å². The Hall–Kier alpha value is -6.80. The van der Waals surface area contributed by atoms with Gasteiger partial charge in [0.25, 0.3) is 0 Å². The fourth-order valence-corrected chi connectivity index (χ4v) is 9.54. The number of amides is 3. The van der Waals surface area contributed by atoms with Gasteiger partial charge in [0.2, 0.25) is 11.2 Å². The second kappa shape index (κ2) is 30.4. The summed E-state index contributed by atoms with van der Waals surface area (Å²) in [5.74, 6) is 0.900. The molecule has 4 N–H and O–H groups in total. The van der Waals surface area contributed by atoms with E-state index in [4.69, 9.17) is 51.7 Å². The number of methoxy groups -OCH3 is 2. The molecule has 2 unspecified atom stereocenters. The van der Waals surface area contributed by atoms with Crippen LogP contribution in [0.15, 0.2) is 85.5 Å². The Kier molecular flexibility index (Phi) is 24.2. The zero-order valence-corrected chi connectivity index (χ0v) is 48.1. The number of nitrogen functional groups attached to an aromatic ring is 2. The molecule has 5 aromatic rings. The van der Waals surface area contributed by atoms with Crippen LogP contribution >= 0.6 is 11.6 Å². The molecule has 3 aliphatic heterocycles. The lowest BCUT2D eigenvalue weighted by atomic mass is 10.0. The van der Waals surface area contributed by atoms with E-state index in [0.29, 0.717) is 81.8 Å². The molecule has 0 saturated carbocycles. The quantitative estimate of drug-likeness (QED) is 0.0738. The van der Waals surface area contributed by atoms with Crippen molar-refractivity contribution in [3.8, 4) is 6.01 Å². The molecule has 2 aromatic heterocycles. The van der Waals surface area contributed by atoms with Gasteiger partial charge >= 0.3 is 18.2 Å². The van der Waals surface area contributed by atoms with Crippen molar-refractivity contribution in [1.82, 2.24) is 39.5 Å². The SMILES string of the molecule is C=CC(=O)N(CC)C(C)COC.CCN(C(=O)OC(C)(C)C)C(C)COC.CN1CCC[C@H]1COc1nc(N)c2c(n1)CN(c1cccc3ccccc13)CC2.Nc1nc(Cl)nc2c1CCN(C(=O)OCc1ccccc1)C2. The minimum absolute atomic E-state index is 0.0369. The molecule has 424 valence electrons. The average Bonchev–Trinajstić information content (AvgIpc) is 3.87. The highest BCUT2D eigenvalue weighted by molar-refractivity contribution is 6.28. The third-order valence-corrected chi connectivity index (χ3v) is 13.6. The molecule has 5 heterocycles. The van der Waals surface area contributed by atoms with Crippen LogP contribution < -0.4 is 21.1 Å². The van der Waals surface area contributed by atoms with Gasteiger partial charge in [0.15, 0.2) is 0 Å². The molecule has 0 spiro atoms. The number of fused-ring (bicyclic) bond motifs is 3. The van der Waals surface area contributed by atoms with Gasteiger partial charge in [0.05, 0.1) is 49.8 Å². The highest BCUT2D eigenvalue weighted by atomic mass is 35.5. The molecule has 78 heavy (non-hydrogen) atoms. The van der Waals surface area contributed by atoms with Gasteiger partial charge in [0.1, 0.15) is 30.5 Å². The molecule has 19 nitrogen and oxygen atoms in total. The number of hydrogen-bond acceptors (Lipinski definition) is 16. The van der Waals surface area contributed by atoms with Crippen LogP contribution in [0.4, 0.5) is 26.9 Å². The van der Waals surface area contributed by atoms with Crippen molar-refractivity contribution < 1.29 is 38.1 Å². The first-order valence-corrected chi connectivity index (χ1v) is 27.1. The number of nitrogens with zero attached hydrogens (tertiary/aromatic N) is 9. The van der Waals surface area contributed by atoms with E-state index in [0.717, 1.165) is 54.9 Å². The Bertz CT molecular complexity index is 2730. The van der Waals surface area contributed by atoms with Crippen molar-refractivity contribution in [1.29, 1.82) is 0 Å². The molecule has 8 rings (SSSR count). The average molecular weight is 1100 g/mol. The number of likely N-dealkylation sites (N-methyl/N-ethyl adjacent to an activating group) is 3. The predicted octanol–water partition coefficient (Wildman–Crippen LogP) is 8.99. The van der Waals surface area contributed by atoms with E-state index in [2.05, 4.69) is 80.8 Å². The maximum atomic E-state index is 12.1. The monoisotopic (exact) mass is 1100 g/mol. The van der Waals surface area contributed by atoms with Gasteiger partial charge < -0.3 is 59.7 Å². The summed E-state index contributed by atoms with van der Waals surface area (Å²) in [5.41, 5.74) is 17.4. The molecule has 20 heteroatoms. The predicted molar refractivity (Wildman–Crippen MR) is 307 cm³/mol. The Labute approximate surface area is 466 Å². The number of benzene rings is 3. The summed E-state index contributed by atoms with van der Waals surface area (Å²) in [6.45, 7) is 23.6. The summed E-state index contributed by atoms with van der Waals surface area (Å²) in [6.07, 6.45) is 4.49. The first-order valence-electron chi connectivity index (χ1n) is 26.7. The first kappa shape index (κ1) is 62.0. The molecule has 3 amide bonds. The van der Waals surface area contributed by atoms with Gasteiger partial charge in [-0.1, -0.05) is 73.3 Å². The largest absolute Gasteiger partial charge is 0.462 e. The van der Waals surface area contributed by atoms with Gasteiger partial charge in [-0.15, -0.1) is 0 Å². The van der Waals surface area contributed by atoms with E-state index in [9.17, 15) is 14.4 Å². The normalized spacial score (nSPS) is 15.6. The number of ether oxygens (including phenoxy) is 5. The van der Waals surface area contributed by atoms with Gasteiger partial charge in [-0.3, -0.25) is 4.79 Å². The molecule has 3 atom stereocenters. The molecule has 3 aliphatic rings. The number of nitrogens with two attached hydrogens (primary N) is 2. The maximum absolute atomic E-state index is 12.1. The number of aromatic nitrogens is 4. The van der Waals surface area contributed by atoms with Gasteiger partial charge in [0, 0.05) is 68.6 Å². The van der Waals surface area contributed by atoms with Crippen molar-refractivity contribution in [3.05, 3.63) is 119 Å². The summed E-state index contributed by atoms with van der Waals surface area (Å²) in [6, 6.07) is 25.5. The lowest BCUT2D eigenvalue weighted by molar-refractivity contribution is -0.128. The topological polar surface area (TPSA) is 217 Å². The van der Waals surface area contributed by atoms with E-state index >= 15 is 0 Å². The van der Waals surface area contributed by atoms with E-state index in [-0.39, 0.29) is 42.1 Å². The summed E-state index contributed by atoms with van der Waals surface area (Å²) in [7, 11) is 5.40. The second-order valence-electron chi connectivity index (χ2n) is 20.3. The molecule has 0 bridgehead atoms. The van der Waals surface area contributed by atoms with Gasteiger partial charge in [-0.05, 0) is 122 Å². The van der Waals surface area contributed by atoms with Crippen molar-refractivity contribution in [2.45, 2.75) is 118 Å². The number of carbonyl (C=O) groups is 3. The van der Waals surface area contributed by atoms with Gasteiger partial charge in [-0.2, -0.15) is 9.97 Å². The molecular weight excluding hydrogens is 1010 g/mol. The Morgan fingerprint density at radius 2 is 1.42 bits per heavy atom. The van der Waals surface area contributed by atoms with Crippen molar-refractivity contribution >= 4 is 57.8 Å². The van der Waals surface area contributed by atoms with E-state index in [1.165, 1.54) is 29.0 Å². The number of rotatable bonds is 15. The van der Waals surface area contributed by atoms with Crippen molar-refractivity contribution in [3.63, 3.8) is 0 Å². The fraction of sp³-hybridized carbons (Fsp3) is 0.500. The summed E-state index contributed by atoms with van der Waals surface area (Å²) < 4.78 is 26.5. The maximum Gasteiger partial charge on any atom is 0.410 e. The third-order valence-electron chi connectivity index (χ3n) is 13.4. The standard InChI is InChI=1S/C23H27N5O.C15H15ClN4O2.C11H23NO3.C9H17NO2/c1-27-12-5-8-17(27)15-29-23-25-20-14-28(13-11-19(20)22(24)26-23)21-10-4-7-16-6-2-3-9-18(16)21;16-14-18-12-8-20(7-6-11(12)13(17)19-14)15(21)22-9-10-4-2-1-3-5-10;1-7-12(9(2)8-14-6)10(13)15-11(3,4)5;1-5-9(11)10(6-2)8(3)7-12-4/h2-4,6-7,9-10,17H,5,8,11-15H2,1H3,(H2,24,25,26);1-5H,6-9H2,(H2,17,18,19);9H,7-8H2,1-6H3;5,8H,1,6-7H2,2-4H3/t17-;;;/m0.../s1. The van der Waals surface area contributed by atoms with E-state index in [1.54, 1.807) is 28.9 Å². The smallest absolute Gasteiger partial charge is 0.410 e. The summed E-state index contributed by atoms with van der Waals surface area (Å²) in [5, 5.41) is 2.61. The van der Waals surface area contributed by atoms with Crippen molar-refractivity contribution in [2.24, 2.45) is 0 Å². The van der Waals surface area contributed by atoms with Crippen LogP contribution in [-0.4, -0.2) is 155 Å². The molecule has 3 aromatic carbocycles. The van der Waals surface area contributed by atoms with Crippen LogP contribution in [-0.2, 0) is 56.3 Å².